The molecule has 0 atom stereocenters. The zero-order valence-electron chi connectivity index (χ0n) is 13.7. The molecule has 1 aromatic carbocycles. The molecule has 1 fully saturated rings. The van der Waals surface area contributed by atoms with E-state index in [0.29, 0.717) is 31.1 Å². The van der Waals surface area contributed by atoms with Crippen LogP contribution in [-0.4, -0.2) is 42.2 Å². The molecule has 0 aliphatic carbocycles. The Balaban J connectivity index is 1.53. The van der Waals surface area contributed by atoms with E-state index in [1.807, 2.05) is 18.2 Å². The smallest absolute Gasteiger partial charge is 0.370 e. The van der Waals surface area contributed by atoms with E-state index in [4.69, 9.17) is 5.26 Å². The highest BCUT2D eigenvalue weighted by atomic mass is 19.4. The third-order valence-corrected chi connectivity index (χ3v) is 4.50. The average molecular weight is 348 g/mol. The number of hydrogen-bond donors (Lipinski definition) is 1. The van der Waals surface area contributed by atoms with Crippen LogP contribution in [0.15, 0.2) is 30.3 Å². The largest absolute Gasteiger partial charge is 0.401 e. The van der Waals surface area contributed by atoms with E-state index in [2.05, 4.69) is 16.4 Å². The van der Waals surface area contributed by atoms with Crippen LogP contribution >= 0.6 is 0 Å². The number of halogens is 3. The second-order valence-corrected chi connectivity index (χ2v) is 6.43. The summed E-state index contributed by atoms with van der Waals surface area (Å²) in [6.07, 6.45) is -2.62. The lowest BCUT2D eigenvalue weighted by Crippen LogP contribution is -2.41. The molecule has 0 amide bonds. The van der Waals surface area contributed by atoms with Crippen LogP contribution in [0.5, 0.6) is 0 Å². The monoisotopic (exact) mass is 348 g/mol. The van der Waals surface area contributed by atoms with E-state index < -0.39 is 12.7 Å². The van der Waals surface area contributed by atoms with Gasteiger partial charge in [0.05, 0.1) is 23.7 Å². The minimum absolute atomic E-state index is 0.350. The molecule has 1 aliphatic heterocycles. The van der Waals surface area contributed by atoms with Gasteiger partial charge in [-0.15, -0.1) is 0 Å². The Bertz CT molecular complexity index is 774. The van der Waals surface area contributed by atoms with Crippen molar-refractivity contribution in [3.8, 4) is 6.07 Å². The Kier molecular flexibility index (Phi) is 5.09. The molecular formula is C18H19F3N4. The lowest BCUT2D eigenvalue weighted by Gasteiger charge is -2.32. The fraction of sp³-hybridized carbons (Fsp3) is 0.444. The topological polar surface area (TPSA) is 52.0 Å². The van der Waals surface area contributed by atoms with Crippen LogP contribution in [0.3, 0.4) is 0 Å². The molecule has 1 aromatic heterocycles. The third-order valence-electron chi connectivity index (χ3n) is 4.50. The molecule has 2 heterocycles. The van der Waals surface area contributed by atoms with Crippen molar-refractivity contribution in [2.45, 2.75) is 19.0 Å². The van der Waals surface area contributed by atoms with Gasteiger partial charge >= 0.3 is 6.18 Å². The van der Waals surface area contributed by atoms with E-state index in [-0.39, 0.29) is 0 Å². The van der Waals surface area contributed by atoms with Crippen molar-refractivity contribution in [1.82, 2.24) is 9.88 Å². The van der Waals surface area contributed by atoms with Gasteiger partial charge in [-0.3, -0.25) is 4.90 Å². The normalized spacial score (nSPS) is 16.7. The van der Waals surface area contributed by atoms with E-state index in [0.717, 1.165) is 29.6 Å². The third kappa shape index (κ3) is 4.83. The standard InChI is InChI=1S/C18H19F3N4/c19-18(20,21)12-25-7-5-13(6-8-25)11-23-17-4-2-15-9-14(10-22)1-3-16(15)24-17/h1-4,9,13H,5-8,11-12H2,(H,23,24). The number of alkyl halides is 3. The summed E-state index contributed by atoms with van der Waals surface area (Å²) in [5.74, 6) is 1.10. The molecule has 1 aliphatic rings. The maximum absolute atomic E-state index is 12.4. The minimum atomic E-state index is -4.12. The maximum atomic E-state index is 12.4. The van der Waals surface area contributed by atoms with Gasteiger partial charge in [-0.05, 0) is 62.2 Å². The molecule has 0 unspecified atom stereocenters. The summed E-state index contributed by atoms with van der Waals surface area (Å²) in [7, 11) is 0. The number of nitrogens with zero attached hydrogens (tertiary/aromatic N) is 3. The second-order valence-electron chi connectivity index (χ2n) is 6.43. The number of nitrogens with one attached hydrogen (secondary N) is 1. The van der Waals surface area contributed by atoms with Gasteiger partial charge in [0.25, 0.3) is 0 Å². The first kappa shape index (κ1) is 17.5. The van der Waals surface area contributed by atoms with Crippen molar-refractivity contribution in [2.75, 3.05) is 31.5 Å². The van der Waals surface area contributed by atoms with Crippen molar-refractivity contribution in [3.05, 3.63) is 35.9 Å². The number of hydrogen-bond acceptors (Lipinski definition) is 4. The number of piperidine rings is 1. The van der Waals surface area contributed by atoms with Crippen LogP contribution in [0.4, 0.5) is 19.0 Å². The predicted octanol–water partition coefficient (Wildman–Crippen LogP) is 3.79. The van der Waals surface area contributed by atoms with Gasteiger partial charge in [0, 0.05) is 11.9 Å². The zero-order valence-corrected chi connectivity index (χ0v) is 13.7. The van der Waals surface area contributed by atoms with Gasteiger partial charge < -0.3 is 5.32 Å². The highest BCUT2D eigenvalue weighted by Gasteiger charge is 2.32. The molecule has 0 radical (unpaired) electrons. The SMILES string of the molecule is N#Cc1ccc2nc(NCC3CCN(CC(F)(F)F)CC3)ccc2c1. The highest BCUT2D eigenvalue weighted by Crippen LogP contribution is 2.23. The first-order chi connectivity index (χ1) is 11.9. The fourth-order valence-electron chi connectivity index (χ4n) is 3.14. The number of benzene rings is 1. The van der Waals surface area contributed by atoms with Gasteiger partial charge in [0.1, 0.15) is 5.82 Å². The number of pyridine rings is 1. The van der Waals surface area contributed by atoms with Crippen LogP contribution < -0.4 is 5.32 Å². The van der Waals surface area contributed by atoms with Crippen LogP contribution in [-0.2, 0) is 0 Å². The molecule has 4 nitrogen and oxygen atoms in total. The van der Waals surface area contributed by atoms with Crippen molar-refractivity contribution in [2.24, 2.45) is 5.92 Å². The van der Waals surface area contributed by atoms with Gasteiger partial charge in [-0.2, -0.15) is 18.4 Å². The predicted molar refractivity (Wildman–Crippen MR) is 90.2 cm³/mol. The van der Waals surface area contributed by atoms with E-state index in [1.165, 1.54) is 4.90 Å². The molecule has 25 heavy (non-hydrogen) atoms. The Morgan fingerprint density at radius 1 is 1.20 bits per heavy atom. The van der Waals surface area contributed by atoms with Crippen molar-refractivity contribution < 1.29 is 13.2 Å². The molecule has 2 aromatic rings. The summed E-state index contributed by atoms with van der Waals surface area (Å²) in [5.41, 5.74) is 1.41. The van der Waals surface area contributed by atoms with Crippen LogP contribution in [0.25, 0.3) is 10.9 Å². The Morgan fingerprint density at radius 3 is 2.64 bits per heavy atom. The lowest BCUT2D eigenvalue weighted by molar-refractivity contribution is -0.148. The average Bonchev–Trinajstić information content (AvgIpc) is 2.59. The quantitative estimate of drug-likeness (QED) is 0.913. The molecular weight excluding hydrogens is 329 g/mol. The summed E-state index contributed by atoms with van der Waals surface area (Å²) < 4.78 is 37.2. The number of nitriles is 1. The van der Waals surface area contributed by atoms with E-state index in [9.17, 15) is 13.2 Å². The van der Waals surface area contributed by atoms with Crippen LogP contribution in [0, 0.1) is 17.2 Å². The van der Waals surface area contributed by atoms with E-state index in [1.54, 1.807) is 12.1 Å². The molecule has 3 rings (SSSR count). The van der Waals surface area contributed by atoms with Crippen LogP contribution in [0.2, 0.25) is 0 Å². The van der Waals surface area contributed by atoms with Gasteiger partial charge in [0.15, 0.2) is 0 Å². The van der Waals surface area contributed by atoms with Crippen LogP contribution in [0.1, 0.15) is 18.4 Å². The van der Waals surface area contributed by atoms with Gasteiger partial charge in [-0.1, -0.05) is 0 Å². The summed E-state index contributed by atoms with van der Waals surface area (Å²) in [6, 6.07) is 11.2. The summed E-state index contributed by atoms with van der Waals surface area (Å²) in [5, 5.41) is 13.1. The Morgan fingerprint density at radius 2 is 1.96 bits per heavy atom. The number of likely N-dealkylation sites (tertiary alicyclic amines) is 1. The number of rotatable bonds is 4. The molecule has 1 saturated heterocycles. The van der Waals surface area contributed by atoms with Gasteiger partial charge in [0.2, 0.25) is 0 Å². The molecule has 0 bridgehead atoms. The molecule has 1 N–H and O–H groups in total. The Labute approximate surface area is 144 Å². The first-order valence-electron chi connectivity index (χ1n) is 8.27. The zero-order chi connectivity index (χ0) is 17.9. The van der Waals surface area contributed by atoms with Crippen molar-refractivity contribution >= 4 is 16.7 Å². The second kappa shape index (κ2) is 7.28. The maximum Gasteiger partial charge on any atom is 0.401 e. The number of anilines is 1. The first-order valence-corrected chi connectivity index (χ1v) is 8.27. The van der Waals surface area contributed by atoms with Crippen molar-refractivity contribution in [1.29, 1.82) is 5.26 Å². The van der Waals surface area contributed by atoms with Gasteiger partial charge in [-0.25, -0.2) is 4.98 Å². The molecule has 0 spiro atoms. The molecule has 132 valence electrons. The molecule has 0 saturated carbocycles. The van der Waals surface area contributed by atoms with Crippen molar-refractivity contribution in [3.63, 3.8) is 0 Å². The Hall–Kier alpha value is -2.33. The van der Waals surface area contributed by atoms with E-state index >= 15 is 0 Å². The summed E-state index contributed by atoms with van der Waals surface area (Å²) >= 11 is 0. The lowest BCUT2D eigenvalue weighted by atomic mass is 9.97. The highest BCUT2D eigenvalue weighted by molar-refractivity contribution is 5.81. The number of aromatic nitrogens is 1. The molecule has 7 heteroatoms. The minimum Gasteiger partial charge on any atom is -0.370 e. The summed E-state index contributed by atoms with van der Waals surface area (Å²) in [6.45, 7) is 0.848. The summed E-state index contributed by atoms with van der Waals surface area (Å²) in [4.78, 5) is 5.99. The fourth-order valence-corrected chi connectivity index (χ4v) is 3.14. The number of fused-ring (bicyclic) bond motifs is 1.